The molecule has 0 radical (unpaired) electrons. The van der Waals surface area contributed by atoms with Crippen molar-refractivity contribution in [3.05, 3.63) is 23.8 Å². The third-order valence-electron chi connectivity index (χ3n) is 6.95. The number of carboxylic acid groups (broad SMARTS) is 1. The molecule has 3 aliphatic rings. The van der Waals surface area contributed by atoms with Crippen LogP contribution < -0.4 is 9.47 Å². The largest absolute Gasteiger partial charge is 0.497 e. The van der Waals surface area contributed by atoms with E-state index in [4.69, 9.17) is 24.1 Å². The van der Waals surface area contributed by atoms with Crippen LogP contribution in [0.1, 0.15) is 36.0 Å². The highest BCUT2D eigenvalue weighted by Gasteiger charge is 2.44. The number of nitrogens with zero attached hydrogens (tertiary/aromatic N) is 2. The number of β-amino-alcohol motifs (C(OH)–C–C–N with tert-alkyl or cyclic N) is 1. The Balaban J connectivity index is 0.000000454. The number of likely N-dealkylation sites (tertiary alicyclic amines) is 2. The number of carbonyl (C=O) groups is 2. The number of hydrogen-bond acceptors (Lipinski definition) is 7. The molecule has 0 aromatic heterocycles. The van der Waals surface area contributed by atoms with Gasteiger partial charge < -0.3 is 29.3 Å². The summed E-state index contributed by atoms with van der Waals surface area (Å²) in [4.78, 5) is 26.2. The van der Waals surface area contributed by atoms with Gasteiger partial charge in [0.15, 0.2) is 0 Å². The zero-order chi connectivity index (χ0) is 26.5. The standard InChI is InChI=1S/C22H32N2O5.C2HF3O2/c1-27-18-9-16(10-19(11-18)28-2)21(26)24-7-4-22(5-8-24)12-20(29-15-22)14-23-6-3-17(25)13-23;3-2(4,5)1(6)7/h9-11,17,20,25H,3-8,12-15H2,1-2H3;(H,6,7). The lowest BCUT2D eigenvalue weighted by Gasteiger charge is -2.38. The van der Waals surface area contributed by atoms with Gasteiger partial charge in [-0.1, -0.05) is 0 Å². The molecule has 12 heteroatoms. The maximum absolute atomic E-state index is 13.0. The molecular weight excluding hydrogens is 485 g/mol. The highest BCUT2D eigenvalue weighted by atomic mass is 19.4. The number of aliphatic carboxylic acids is 1. The Morgan fingerprint density at radius 3 is 2.17 bits per heavy atom. The molecule has 1 amide bonds. The molecule has 3 fully saturated rings. The monoisotopic (exact) mass is 518 g/mol. The topological polar surface area (TPSA) is 109 Å². The summed E-state index contributed by atoms with van der Waals surface area (Å²) in [5.74, 6) is -1.48. The number of rotatable bonds is 5. The van der Waals surface area contributed by atoms with E-state index < -0.39 is 12.1 Å². The van der Waals surface area contributed by atoms with E-state index in [-0.39, 0.29) is 23.5 Å². The third kappa shape index (κ3) is 7.23. The van der Waals surface area contributed by atoms with Crippen molar-refractivity contribution in [1.29, 1.82) is 0 Å². The van der Waals surface area contributed by atoms with Crippen LogP contribution >= 0.6 is 0 Å². The first-order valence-corrected chi connectivity index (χ1v) is 11.8. The van der Waals surface area contributed by atoms with E-state index in [0.29, 0.717) is 17.1 Å². The average Bonchev–Trinajstić information content (AvgIpc) is 3.44. The normalized spacial score (nSPS) is 23.8. The van der Waals surface area contributed by atoms with Crippen LogP contribution in [0.15, 0.2) is 18.2 Å². The minimum Gasteiger partial charge on any atom is -0.497 e. The Morgan fingerprint density at radius 1 is 1.11 bits per heavy atom. The molecule has 4 rings (SSSR count). The van der Waals surface area contributed by atoms with E-state index in [1.54, 1.807) is 32.4 Å². The van der Waals surface area contributed by atoms with Gasteiger partial charge in [0, 0.05) is 44.4 Å². The molecule has 202 valence electrons. The molecule has 0 bridgehead atoms. The van der Waals surface area contributed by atoms with E-state index in [0.717, 1.165) is 65.0 Å². The van der Waals surface area contributed by atoms with Crippen LogP contribution in [0, 0.1) is 5.41 Å². The number of alkyl halides is 3. The van der Waals surface area contributed by atoms with Crippen molar-refractivity contribution in [2.24, 2.45) is 5.41 Å². The fraction of sp³-hybridized carbons (Fsp3) is 0.667. The number of methoxy groups -OCH3 is 2. The van der Waals surface area contributed by atoms with Crippen LogP contribution in [0.25, 0.3) is 0 Å². The summed E-state index contributed by atoms with van der Waals surface area (Å²) in [7, 11) is 3.18. The van der Waals surface area contributed by atoms with Gasteiger partial charge >= 0.3 is 12.1 Å². The maximum Gasteiger partial charge on any atom is 0.490 e. The van der Waals surface area contributed by atoms with Crippen LogP contribution in [0.3, 0.4) is 0 Å². The van der Waals surface area contributed by atoms with Gasteiger partial charge in [-0.3, -0.25) is 9.69 Å². The first-order chi connectivity index (χ1) is 16.9. The number of ether oxygens (including phenoxy) is 3. The van der Waals surface area contributed by atoms with Crippen molar-refractivity contribution in [2.45, 2.75) is 44.1 Å². The molecule has 3 aliphatic heterocycles. The fourth-order valence-electron chi connectivity index (χ4n) is 4.92. The SMILES string of the molecule is COc1cc(OC)cc(C(=O)N2CCC3(CC2)COC(CN2CCC(O)C2)C3)c1.O=C(O)C(F)(F)F. The van der Waals surface area contributed by atoms with E-state index in [1.165, 1.54) is 0 Å². The number of halogens is 3. The Kier molecular flexibility index (Phi) is 9.07. The van der Waals surface area contributed by atoms with Crippen LogP contribution in [0.4, 0.5) is 13.2 Å². The van der Waals surface area contributed by atoms with E-state index in [9.17, 15) is 23.1 Å². The van der Waals surface area contributed by atoms with Crippen molar-refractivity contribution in [2.75, 3.05) is 53.6 Å². The summed E-state index contributed by atoms with van der Waals surface area (Å²) in [5, 5.41) is 16.8. The third-order valence-corrected chi connectivity index (χ3v) is 6.95. The molecule has 0 saturated carbocycles. The van der Waals surface area contributed by atoms with Crippen molar-refractivity contribution < 1.29 is 47.2 Å². The highest BCUT2D eigenvalue weighted by molar-refractivity contribution is 5.95. The second-order valence-corrected chi connectivity index (χ2v) is 9.54. The first kappa shape index (κ1) is 28.0. The molecule has 2 atom stereocenters. The summed E-state index contributed by atoms with van der Waals surface area (Å²) >= 11 is 0. The molecule has 1 aromatic rings. The van der Waals surface area contributed by atoms with Crippen LogP contribution in [-0.2, 0) is 9.53 Å². The smallest absolute Gasteiger partial charge is 0.490 e. The van der Waals surface area contributed by atoms with Gasteiger partial charge in [-0.15, -0.1) is 0 Å². The molecule has 3 saturated heterocycles. The second kappa shape index (κ2) is 11.7. The van der Waals surface area contributed by atoms with Crippen molar-refractivity contribution >= 4 is 11.9 Å². The van der Waals surface area contributed by atoms with Crippen LogP contribution in [-0.4, -0.2) is 104 Å². The minimum atomic E-state index is -5.08. The van der Waals surface area contributed by atoms with Gasteiger partial charge in [0.25, 0.3) is 5.91 Å². The Bertz CT molecular complexity index is 897. The van der Waals surface area contributed by atoms with Gasteiger partial charge in [-0.25, -0.2) is 4.79 Å². The van der Waals surface area contributed by atoms with Crippen LogP contribution in [0.5, 0.6) is 11.5 Å². The van der Waals surface area contributed by atoms with E-state index >= 15 is 0 Å². The summed E-state index contributed by atoms with van der Waals surface area (Å²) < 4.78 is 48.5. The van der Waals surface area contributed by atoms with Gasteiger partial charge in [0.05, 0.1) is 33.0 Å². The summed E-state index contributed by atoms with van der Waals surface area (Å²) in [5.41, 5.74) is 0.788. The number of piperidine rings is 1. The predicted octanol–water partition coefficient (Wildman–Crippen LogP) is 2.41. The van der Waals surface area contributed by atoms with Gasteiger partial charge in [-0.05, 0) is 43.2 Å². The Labute approximate surface area is 207 Å². The number of benzene rings is 1. The second-order valence-electron chi connectivity index (χ2n) is 9.54. The molecule has 3 heterocycles. The maximum atomic E-state index is 13.0. The zero-order valence-electron chi connectivity index (χ0n) is 20.4. The summed E-state index contributed by atoms with van der Waals surface area (Å²) in [6.07, 6.45) is -1.17. The number of carbonyl (C=O) groups excluding carboxylic acids is 1. The lowest BCUT2D eigenvalue weighted by Crippen LogP contribution is -2.43. The molecule has 9 nitrogen and oxygen atoms in total. The molecule has 0 aliphatic carbocycles. The predicted molar refractivity (Wildman–Crippen MR) is 122 cm³/mol. The number of aliphatic hydroxyl groups excluding tert-OH is 1. The van der Waals surface area contributed by atoms with Gasteiger partial charge in [0.2, 0.25) is 0 Å². The summed E-state index contributed by atoms with van der Waals surface area (Å²) in [6, 6.07) is 5.32. The van der Waals surface area contributed by atoms with Gasteiger partial charge in [-0.2, -0.15) is 13.2 Å². The molecule has 2 N–H and O–H groups in total. The van der Waals surface area contributed by atoms with Crippen molar-refractivity contribution in [3.8, 4) is 11.5 Å². The highest BCUT2D eigenvalue weighted by Crippen LogP contribution is 2.42. The summed E-state index contributed by atoms with van der Waals surface area (Å²) in [6.45, 7) is 4.90. The molecule has 2 unspecified atom stereocenters. The van der Waals surface area contributed by atoms with Crippen molar-refractivity contribution in [3.63, 3.8) is 0 Å². The Hall–Kier alpha value is -2.57. The number of amides is 1. The number of hydrogen-bond donors (Lipinski definition) is 2. The Morgan fingerprint density at radius 2 is 1.69 bits per heavy atom. The molecule has 36 heavy (non-hydrogen) atoms. The van der Waals surface area contributed by atoms with E-state index in [1.807, 2.05) is 4.90 Å². The molecular formula is C24H33F3N2O7. The number of carboxylic acids is 1. The fourth-order valence-corrected chi connectivity index (χ4v) is 4.92. The van der Waals surface area contributed by atoms with Gasteiger partial charge in [0.1, 0.15) is 11.5 Å². The van der Waals surface area contributed by atoms with Crippen LogP contribution in [0.2, 0.25) is 0 Å². The molecule has 1 aromatic carbocycles. The van der Waals surface area contributed by atoms with Crippen molar-refractivity contribution in [1.82, 2.24) is 9.80 Å². The average molecular weight is 519 g/mol. The lowest BCUT2D eigenvalue weighted by atomic mass is 9.76. The minimum absolute atomic E-state index is 0.0265. The molecule has 1 spiro atoms. The first-order valence-electron chi connectivity index (χ1n) is 11.8. The quantitative estimate of drug-likeness (QED) is 0.612. The van der Waals surface area contributed by atoms with E-state index in [2.05, 4.69) is 4.90 Å². The lowest BCUT2D eigenvalue weighted by molar-refractivity contribution is -0.192. The zero-order valence-corrected chi connectivity index (χ0v) is 20.4. The number of aliphatic hydroxyl groups is 1.